The van der Waals surface area contributed by atoms with E-state index in [1.807, 2.05) is 30.3 Å². The highest BCUT2D eigenvalue weighted by atomic mass is 35.5. The second-order valence-electron chi connectivity index (χ2n) is 3.50. The Morgan fingerprint density at radius 1 is 1.00 bits per heavy atom. The maximum Gasteiger partial charge on any atom is 0.0405 e. The van der Waals surface area contributed by atoms with Gasteiger partial charge in [0.05, 0.1) is 0 Å². The Balaban J connectivity index is 0.000000262. The van der Waals surface area contributed by atoms with Crippen LogP contribution in [0.5, 0.6) is 0 Å². The van der Waals surface area contributed by atoms with Crippen molar-refractivity contribution < 1.29 is 0 Å². The van der Waals surface area contributed by atoms with Gasteiger partial charge < -0.3 is 5.73 Å². The number of hydrogen-bond acceptors (Lipinski definition) is 1. The van der Waals surface area contributed by atoms with E-state index in [1.54, 1.807) is 0 Å². The molecule has 0 heterocycles. The Bertz CT molecular complexity index is 205. The first kappa shape index (κ1) is 14.5. The lowest BCUT2D eigenvalue weighted by Crippen LogP contribution is -1.97. The minimum absolute atomic E-state index is 0.794. The molecule has 0 atom stereocenters. The summed E-state index contributed by atoms with van der Waals surface area (Å²) in [5.41, 5.74) is 5.31. The molecular formula is C13H22ClN. The molecule has 2 heteroatoms. The van der Waals surface area contributed by atoms with Gasteiger partial charge in [0, 0.05) is 5.02 Å². The maximum atomic E-state index is 5.54. The van der Waals surface area contributed by atoms with E-state index >= 15 is 0 Å². The second kappa shape index (κ2) is 11.5. The highest BCUT2D eigenvalue weighted by molar-refractivity contribution is 6.30. The van der Waals surface area contributed by atoms with Crippen LogP contribution in [0.3, 0.4) is 0 Å². The molecule has 0 aliphatic heterocycles. The number of rotatable bonds is 5. The molecule has 1 nitrogen and oxygen atoms in total. The molecule has 1 aromatic carbocycles. The van der Waals surface area contributed by atoms with Crippen LogP contribution >= 0.6 is 11.6 Å². The smallest absolute Gasteiger partial charge is 0.0405 e. The van der Waals surface area contributed by atoms with Gasteiger partial charge in [-0.1, -0.05) is 62.4 Å². The van der Waals surface area contributed by atoms with Gasteiger partial charge in [-0.05, 0) is 25.1 Å². The Morgan fingerprint density at radius 2 is 1.60 bits per heavy atom. The van der Waals surface area contributed by atoms with E-state index in [4.69, 9.17) is 17.3 Å². The molecule has 0 unspecified atom stereocenters. The van der Waals surface area contributed by atoms with Gasteiger partial charge in [0.25, 0.3) is 0 Å². The average Bonchev–Trinajstić information content (AvgIpc) is 2.27. The zero-order valence-electron chi connectivity index (χ0n) is 9.58. The van der Waals surface area contributed by atoms with E-state index in [2.05, 4.69) is 6.92 Å². The monoisotopic (exact) mass is 227 g/mol. The van der Waals surface area contributed by atoms with Crippen LogP contribution in [0.15, 0.2) is 30.3 Å². The first-order chi connectivity index (χ1) is 7.31. The lowest BCUT2D eigenvalue weighted by Gasteiger charge is -1.93. The Labute approximate surface area is 98.6 Å². The quantitative estimate of drug-likeness (QED) is 0.748. The predicted molar refractivity (Wildman–Crippen MR) is 69.3 cm³/mol. The number of unbranched alkanes of at least 4 members (excludes halogenated alkanes) is 4. The summed E-state index contributed by atoms with van der Waals surface area (Å²) in [5.74, 6) is 0. The minimum Gasteiger partial charge on any atom is -0.330 e. The van der Waals surface area contributed by atoms with Crippen LogP contribution in [0.4, 0.5) is 0 Å². The molecule has 0 aliphatic carbocycles. The van der Waals surface area contributed by atoms with Gasteiger partial charge in [0.15, 0.2) is 0 Å². The number of benzene rings is 1. The first-order valence-corrected chi connectivity index (χ1v) is 6.09. The fourth-order valence-electron chi connectivity index (χ4n) is 1.16. The fraction of sp³-hybridized carbons (Fsp3) is 0.538. The van der Waals surface area contributed by atoms with E-state index in [0.717, 1.165) is 11.6 Å². The van der Waals surface area contributed by atoms with Crippen molar-refractivity contribution in [1.29, 1.82) is 0 Å². The second-order valence-corrected chi connectivity index (χ2v) is 3.93. The lowest BCUT2D eigenvalue weighted by molar-refractivity contribution is 0.638. The molecule has 0 aromatic heterocycles. The molecule has 0 saturated heterocycles. The normalized spacial score (nSPS) is 9.27. The molecule has 0 saturated carbocycles. The van der Waals surface area contributed by atoms with Crippen molar-refractivity contribution in [2.24, 2.45) is 5.73 Å². The van der Waals surface area contributed by atoms with Crippen LogP contribution in [0, 0.1) is 0 Å². The summed E-state index contributed by atoms with van der Waals surface area (Å²) < 4.78 is 0. The molecule has 0 amide bonds. The van der Waals surface area contributed by atoms with Crippen LogP contribution in [0.25, 0.3) is 0 Å². The van der Waals surface area contributed by atoms with Gasteiger partial charge in [-0.3, -0.25) is 0 Å². The summed E-state index contributed by atoms with van der Waals surface area (Å²) in [6.07, 6.45) is 6.60. The van der Waals surface area contributed by atoms with Gasteiger partial charge in [-0.25, -0.2) is 0 Å². The lowest BCUT2D eigenvalue weighted by atomic mass is 10.2. The summed E-state index contributed by atoms with van der Waals surface area (Å²) in [4.78, 5) is 0. The number of hydrogen-bond donors (Lipinski definition) is 1. The Hall–Kier alpha value is -0.530. The van der Waals surface area contributed by atoms with Crippen LogP contribution in [0.2, 0.25) is 5.02 Å². The van der Waals surface area contributed by atoms with Crippen LogP contribution < -0.4 is 5.73 Å². The van der Waals surface area contributed by atoms with Crippen molar-refractivity contribution in [2.75, 3.05) is 6.54 Å². The standard InChI is InChI=1S/C7H17N.C6H5Cl/c1-2-3-4-5-6-7-8;7-6-4-2-1-3-5-6/h2-8H2,1H3;1-5H. The van der Waals surface area contributed by atoms with Gasteiger partial charge in [0.1, 0.15) is 0 Å². The fourth-order valence-corrected chi connectivity index (χ4v) is 1.31. The van der Waals surface area contributed by atoms with Gasteiger partial charge in [-0.2, -0.15) is 0 Å². The van der Waals surface area contributed by atoms with Crippen molar-refractivity contribution in [1.82, 2.24) is 0 Å². The molecule has 0 radical (unpaired) electrons. The summed E-state index contributed by atoms with van der Waals surface area (Å²) in [5, 5.41) is 0.794. The van der Waals surface area contributed by atoms with E-state index in [0.29, 0.717) is 0 Å². The van der Waals surface area contributed by atoms with Crippen LogP contribution in [-0.2, 0) is 0 Å². The zero-order valence-corrected chi connectivity index (χ0v) is 10.3. The van der Waals surface area contributed by atoms with E-state index in [9.17, 15) is 0 Å². The molecule has 1 rings (SSSR count). The highest BCUT2D eigenvalue weighted by Crippen LogP contribution is 2.03. The maximum absolute atomic E-state index is 5.54. The van der Waals surface area contributed by atoms with Crippen molar-refractivity contribution in [3.05, 3.63) is 35.4 Å². The summed E-state index contributed by atoms with van der Waals surface area (Å²) in [6, 6.07) is 9.44. The zero-order chi connectivity index (χ0) is 11.4. The molecule has 0 spiro atoms. The molecule has 0 aliphatic rings. The van der Waals surface area contributed by atoms with E-state index in [1.165, 1.54) is 32.1 Å². The predicted octanol–water partition coefficient (Wildman–Crippen LogP) is 4.26. The van der Waals surface area contributed by atoms with Gasteiger partial charge in [-0.15, -0.1) is 0 Å². The number of halogens is 1. The highest BCUT2D eigenvalue weighted by Gasteiger charge is 1.83. The van der Waals surface area contributed by atoms with Crippen LogP contribution in [0.1, 0.15) is 39.0 Å². The van der Waals surface area contributed by atoms with Crippen molar-refractivity contribution in [3.63, 3.8) is 0 Å². The molecule has 1 aromatic rings. The van der Waals surface area contributed by atoms with Crippen molar-refractivity contribution in [2.45, 2.75) is 39.0 Å². The first-order valence-electron chi connectivity index (χ1n) is 5.72. The summed E-state index contributed by atoms with van der Waals surface area (Å²) in [7, 11) is 0. The molecule has 0 bridgehead atoms. The molecular weight excluding hydrogens is 206 g/mol. The van der Waals surface area contributed by atoms with Crippen molar-refractivity contribution >= 4 is 11.6 Å². The third kappa shape index (κ3) is 11.4. The van der Waals surface area contributed by atoms with Crippen LogP contribution in [-0.4, -0.2) is 6.54 Å². The molecule has 15 heavy (non-hydrogen) atoms. The average molecular weight is 228 g/mol. The summed E-state index contributed by atoms with van der Waals surface area (Å²) in [6.45, 7) is 3.09. The van der Waals surface area contributed by atoms with Crippen molar-refractivity contribution in [3.8, 4) is 0 Å². The van der Waals surface area contributed by atoms with Gasteiger partial charge in [0.2, 0.25) is 0 Å². The third-order valence-corrected chi connectivity index (χ3v) is 2.29. The SMILES string of the molecule is CCCCCCCN.Clc1ccccc1. The largest absolute Gasteiger partial charge is 0.330 e. The molecule has 0 fully saturated rings. The topological polar surface area (TPSA) is 26.0 Å². The Kier molecular flexibility index (Phi) is 11.1. The molecule has 2 N–H and O–H groups in total. The van der Waals surface area contributed by atoms with Gasteiger partial charge >= 0.3 is 0 Å². The minimum atomic E-state index is 0.794. The van der Waals surface area contributed by atoms with E-state index < -0.39 is 0 Å². The number of nitrogens with two attached hydrogens (primary N) is 1. The molecule has 86 valence electrons. The summed E-state index contributed by atoms with van der Waals surface area (Å²) >= 11 is 5.54. The Morgan fingerprint density at radius 3 is 2.00 bits per heavy atom. The third-order valence-electron chi connectivity index (χ3n) is 2.04. The van der Waals surface area contributed by atoms with E-state index in [-0.39, 0.29) is 0 Å².